The third-order valence-corrected chi connectivity index (χ3v) is 5.66. The van der Waals surface area contributed by atoms with Crippen molar-refractivity contribution in [2.45, 2.75) is 24.9 Å². The molecule has 1 saturated heterocycles. The van der Waals surface area contributed by atoms with Gasteiger partial charge in [0.2, 0.25) is 0 Å². The summed E-state index contributed by atoms with van der Waals surface area (Å²) in [5.74, 6) is 0.190. The molecule has 3 rings (SSSR count). The molecule has 7 heteroatoms. The topological polar surface area (TPSA) is 80.6 Å². The Morgan fingerprint density at radius 2 is 2.04 bits per heavy atom. The van der Waals surface area contributed by atoms with Gasteiger partial charge in [-0.05, 0) is 30.4 Å². The molecule has 1 aliphatic rings. The normalized spacial score (nSPS) is 16.7. The molecule has 0 spiro atoms. The minimum atomic E-state index is -1.17. The zero-order valence-electron chi connectivity index (χ0n) is 14.2. The van der Waals surface area contributed by atoms with E-state index in [4.69, 9.17) is 4.74 Å². The first-order valence-electron chi connectivity index (χ1n) is 8.28. The van der Waals surface area contributed by atoms with Crippen molar-refractivity contribution in [2.75, 3.05) is 25.2 Å². The molecule has 1 aliphatic heterocycles. The van der Waals surface area contributed by atoms with Crippen LogP contribution in [0.25, 0.3) is 10.9 Å². The molecular formula is C18H22N2O4S. The Balaban J connectivity index is 1.92. The molecule has 0 unspecified atom stereocenters. The zero-order valence-corrected chi connectivity index (χ0v) is 15.0. The number of carboxylic acids is 1. The molecule has 2 N–H and O–H groups in total. The number of thioether (sulfide) groups is 1. The number of aromatic nitrogens is 1. The number of aliphatic carboxylic acids is 1. The van der Waals surface area contributed by atoms with E-state index in [-0.39, 0.29) is 5.91 Å². The molecule has 0 aliphatic carbocycles. The number of hydrogen-bond acceptors (Lipinski definition) is 4. The summed E-state index contributed by atoms with van der Waals surface area (Å²) in [6.07, 6.45) is 2.67. The van der Waals surface area contributed by atoms with Gasteiger partial charge >= 0.3 is 5.97 Å². The third-order valence-electron chi connectivity index (χ3n) is 4.68. The SMILES string of the molecule is COCCn1cc(C(=O)NC2(C(=O)O)CCSCC2)c2ccccc21. The maximum Gasteiger partial charge on any atom is 0.329 e. The van der Waals surface area contributed by atoms with Gasteiger partial charge in [-0.3, -0.25) is 4.79 Å². The van der Waals surface area contributed by atoms with Crippen molar-refractivity contribution in [2.24, 2.45) is 0 Å². The number of fused-ring (bicyclic) bond motifs is 1. The molecule has 1 aromatic heterocycles. The molecule has 0 atom stereocenters. The predicted molar refractivity (Wildman–Crippen MR) is 98.2 cm³/mol. The first-order valence-corrected chi connectivity index (χ1v) is 9.43. The molecule has 0 radical (unpaired) electrons. The van der Waals surface area contributed by atoms with E-state index in [9.17, 15) is 14.7 Å². The second kappa shape index (κ2) is 7.49. The molecule has 2 aromatic rings. The van der Waals surface area contributed by atoms with Crippen molar-refractivity contribution in [3.05, 3.63) is 36.0 Å². The fourth-order valence-electron chi connectivity index (χ4n) is 3.20. The lowest BCUT2D eigenvalue weighted by molar-refractivity contribution is -0.144. The van der Waals surface area contributed by atoms with E-state index in [0.29, 0.717) is 31.6 Å². The Morgan fingerprint density at radius 3 is 2.72 bits per heavy atom. The fraction of sp³-hybridized carbons (Fsp3) is 0.444. The van der Waals surface area contributed by atoms with Crippen LogP contribution in [0, 0.1) is 0 Å². The second-order valence-electron chi connectivity index (χ2n) is 6.20. The highest BCUT2D eigenvalue weighted by atomic mass is 32.2. The summed E-state index contributed by atoms with van der Waals surface area (Å²) in [6, 6.07) is 7.64. The van der Waals surface area contributed by atoms with Crippen molar-refractivity contribution in [1.29, 1.82) is 0 Å². The van der Waals surface area contributed by atoms with Gasteiger partial charge in [-0.2, -0.15) is 11.8 Å². The Labute approximate surface area is 150 Å². The number of methoxy groups -OCH3 is 1. The van der Waals surface area contributed by atoms with Gasteiger partial charge in [-0.15, -0.1) is 0 Å². The zero-order chi connectivity index (χ0) is 17.9. The van der Waals surface area contributed by atoms with E-state index in [0.717, 1.165) is 22.4 Å². The van der Waals surface area contributed by atoms with Crippen molar-refractivity contribution < 1.29 is 19.4 Å². The van der Waals surface area contributed by atoms with E-state index in [2.05, 4.69) is 5.32 Å². The summed E-state index contributed by atoms with van der Waals surface area (Å²) in [5.41, 5.74) is 0.275. The molecule has 6 nitrogen and oxygen atoms in total. The highest BCUT2D eigenvalue weighted by molar-refractivity contribution is 7.99. The maximum absolute atomic E-state index is 12.9. The Hall–Kier alpha value is -1.99. The number of nitrogens with one attached hydrogen (secondary N) is 1. The largest absolute Gasteiger partial charge is 0.480 e. The number of rotatable bonds is 6. The molecule has 134 valence electrons. The molecule has 1 aromatic carbocycles. The van der Waals surface area contributed by atoms with Crippen LogP contribution < -0.4 is 5.32 Å². The van der Waals surface area contributed by atoms with Crippen LogP contribution in [0.15, 0.2) is 30.5 Å². The summed E-state index contributed by atoms with van der Waals surface area (Å²) in [5, 5.41) is 13.3. The number of carboxylic acid groups (broad SMARTS) is 1. The van der Waals surface area contributed by atoms with Crippen LogP contribution in [-0.2, 0) is 16.1 Å². The molecule has 0 saturated carbocycles. The number of carbonyl (C=O) groups is 2. The highest BCUT2D eigenvalue weighted by Crippen LogP contribution is 2.29. The summed E-state index contributed by atoms with van der Waals surface area (Å²) in [4.78, 5) is 24.7. The smallest absolute Gasteiger partial charge is 0.329 e. The minimum Gasteiger partial charge on any atom is -0.480 e. The maximum atomic E-state index is 12.9. The van der Waals surface area contributed by atoms with Crippen molar-refractivity contribution in [3.8, 4) is 0 Å². The number of benzene rings is 1. The number of nitrogens with zero attached hydrogens (tertiary/aromatic N) is 1. The molecular weight excluding hydrogens is 340 g/mol. The summed E-state index contributed by atoms with van der Waals surface area (Å²) in [7, 11) is 1.64. The number of ether oxygens (including phenoxy) is 1. The average Bonchev–Trinajstić information content (AvgIpc) is 2.99. The van der Waals surface area contributed by atoms with Gasteiger partial charge in [0.25, 0.3) is 5.91 Å². The van der Waals surface area contributed by atoms with Gasteiger partial charge in [0, 0.05) is 30.8 Å². The number of hydrogen-bond donors (Lipinski definition) is 2. The number of carbonyl (C=O) groups excluding carboxylic acids is 1. The van der Waals surface area contributed by atoms with Gasteiger partial charge < -0.3 is 19.7 Å². The fourth-order valence-corrected chi connectivity index (χ4v) is 4.39. The van der Waals surface area contributed by atoms with Crippen molar-refractivity contribution in [1.82, 2.24) is 9.88 Å². The van der Waals surface area contributed by atoms with Crippen molar-refractivity contribution >= 4 is 34.5 Å². The summed E-state index contributed by atoms with van der Waals surface area (Å²) < 4.78 is 7.10. The quantitative estimate of drug-likeness (QED) is 0.825. The van der Waals surface area contributed by atoms with Crippen LogP contribution in [-0.4, -0.2) is 52.3 Å². The Kier molecular flexibility index (Phi) is 5.34. The molecule has 0 bridgehead atoms. The lowest BCUT2D eigenvalue weighted by Gasteiger charge is -2.33. The first kappa shape index (κ1) is 17.8. The lowest BCUT2D eigenvalue weighted by atomic mass is 9.92. The monoisotopic (exact) mass is 362 g/mol. The van der Waals surface area contributed by atoms with Crippen LogP contribution in [0.5, 0.6) is 0 Å². The van der Waals surface area contributed by atoms with Crippen LogP contribution in [0.4, 0.5) is 0 Å². The van der Waals surface area contributed by atoms with Gasteiger partial charge in [-0.25, -0.2) is 4.79 Å². The van der Waals surface area contributed by atoms with Crippen LogP contribution >= 0.6 is 11.8 Å². The lowest BCUT2D eigenvalue weighted by Crippen LogP contribution is -2.56. The van der Waals surface area contributed by atoms with Gasteiger partial charge in [0.1, 0.15) is 5.54 Å². The first-order chi connectivity index (χ1) is 12.1. The van der Waals surface area contributed by atoms with Crippen LogP contribution in [0.2, 0.25) is 0 Å². The summed E-state index contributed by atoms with van der Waals surface area (Å²) >= 11 is 1.72. The standard InChI is InChI=1S/C18H22N2O4S/c1-24-9-8-20-12-14(13-4-2-3-5-15(13)20)16(21)19-18(17(22)23)6-10-25-11-7-18/h2-5,12H,6-11H2,1H3,(H,19,21)(H,22,23). The van der Waals surface area contributed by atoms with Gasteiger partial charge in [0.05, 0.1) is 12.2 Å². The van der Waals surface area contributed by atoms with Gasteiger partial charge in [0.15, 0.2) is 0 Å². The van der Waals surface area contributed by atoms with Crippen LogP contribution in [0.3, 0.4) is 0 Å². The Bertz CT molecular complexity index is 780. The van der Waals surface area contributed by atoms with E-state index in [1.165, 1.54) is 0 Å². The predicted octanol–water partition coefficient (Wildman–Crippen LogP) is 2.37. The molecule has 25 heavy (non-hydrogen) atoms. The average molecular weight is 362 g/mol. The minimum absolute atomic E-state index is 0.332. The van der Waals surface area contributed by atoms with E-state index in [1.54, 1.807) is 25.1 Å². The highest BCUT2D eigenvalue weighted by Gasteiger charge is 2.41. The number of para-hydroxylation sites is 1. The van der Waals surface area contributed by atoms with Gasteiger partial charge in [-0.1, -0.05) is 18.2 Å². The van der Waals surface area contributed by atoms with Crippen molar-refractivity contribution in [3.63, 3.8) is 0 Å². The third kappa shape index (κ3) is 3.52. The Morgan fingerprint density at radius 1 is 1.32 bits per heavy atom. The summed E-state index contributed by atoms with van der Waals surface area (Å²) in [6.45, 7) is 1.17. The molecule has 2 heterocycles. The van der Waals surface area contributed by atoms with Crippen LogP contribution in [0.1, 0.15) is 23.2 Å². The van der Waals surface area contributed by atoms with E-state index >= 15 is 0 Å². The van der Waals surface area contributed by atoms with E-state index in [1.807, 2.05) is 28.8 Å². The molecule has 1 amide bonds. The second-order valence-corrected chi connectivity index (χ2v) is 7.42. The van der Waals surface area contributed by atoms with E-state index < -0.39 is 11.5 Å². The number of amides is 1. The molecule has 1 fully saturated rings.